The number of amides is 2. The van der Waals surface area contributed by atoms with Crippen LogP contribution in [0.4, 0.5) is 9.18 Å². The molecule has 0 aliphatic carbocycles. The molecule has 190 valence electrons. The SMILES string of the molecule is CN(Cc1cc(Br)cc(Br)c1)C(=O)CC1(c2ccc(F)cc2)CCCN(C(=O)OC(C)(C)C)CC1. The van der Waals surface area contributed by atoms with Crippen LogP contribution in [0.25, 0.3) is 0 Å². The first kappa shape index (κ1) is 27.7. The molecule has 3 rings (SSSR count). The summed E-state index contributed by atoms with van der Waals surface area (Å²) in [6.07, 6.45) is 1.99. The lowest BCUT2D eigenvalue weighted by Crippen LogP contribution is -2.39. The molecule has 0 bridgehead atoms. The smallest absolute Gasteiger partial charge is 0.410 e. The highest BCUT2D eigenvalue weighted by Gasteiger charge is 2.38. The fourth-order valence-electron chi connectivity index (χ4n) is 4.56. The minimum atomic E-state index is -0.572. The van der Waals surface area contributed by atoms with Gasteiger partial charge in [-0.1, -0.05) is 44.0 Å². The Labute approximate surface area is 224 Å². The van der Waals surface area contributed by atoms with Gasteiger partial charge in [-0.15, -0.1) is 0 Å². The zero-order valence-corrected chi connectivity index (χ0v) is 23.9. The number of carbonyl (C=O) groups excluding carboxylic acids is 2. The van der Waals surface area contributed by atoms with Gasteiger partial charge in [-0.05, 0) is 81.5 Å². The van der Waals surface area contributed by atoms with Crippen molar-refractivity contribution in [1.29, 1.82) is 0 Å². The van der Waals surface area contributed by atoms with E-state index in [1.54, 1.807) is 29.0 Å². The van der Waals surface area contributed by atoms with E-state index < -0.39 is 11.0 Å². The van der Waals surface area contributed by atoms with E-state index in [-0.39, 0.29) is 24.2 Å². The highest BCUT2D eigenvalue weighted by Crippen LogP contribution is 2.40. The van der Waals surface area contributed by atoms with Crippen LogP contribution in [0.15, 0.2) is 51.4 Å². The van der Waals surface area contributed by atoms with Crippen LogP contribution in [0.5, 0.6) is 0 Å². The summed E-state index contributed by atoms with van der Waals surface area (Å²) < 4.78 is 21.2. The summed E-state index contributed by atoms with van der Waals surface area (Å²) in [5.41, 5.74) is 0.873. The van der Waals surface area contributed by atoms with Gasteiger partial charge in [0.15, 0.2) is 0 Å². The highest BCUT2D eigenvalue weighted by molar-refractivity contribution is 9.11. The molecule has 0 saturated carbocycles. The minimum Gasteiger partial charge on any atom is -0.444 e. The quantitative estimate of drug-likeness (QED) is 0.364. The average molecular weight is 612 g/mol. The first-order valence-corrected chi connectivity index (χ1v) is 13.4. The van der Waals surface area contributed by atoms with E-state index >= 15 is 0 Å². The van der Waals surface area contributed by atoms with Crippen LogP contribution in [-0.4, -0.2) is 47.5 Å². The van der Waals surface area contributed by atoms with Gasteiger partial charge in [0.05, 0.1) is 0 Å². The Balaban J connectivity index is 1.81. The molecule has 1 atom stereocenters. The van der Waals surface area contributed by atoms with Gasteiger partial charge in [-0.25, -0.2) is 9.18 Å². The molecule has 1 aliphatic heterocycles. The fraction of sp³-hybridized carbons (Fsp3) is 0.481. The van der Waals surface area contributed by atoms with E-state index in [2.05, 4.69) is 31.9 Å². The first-order valence-electron chi connectivity index (χ1n) is 11.8. The molecule has 2 amide bonds. The maximum absolute atomic E-state index is 13.7. The number of halogens is 3. The zero-order valence-electron chi connectivity index (χ0n) is 20.7. The highest BCUT2D eigenvalue weighted by atomic mass is 79.9. The van der Waals surface area contributed by atoms with E-state index in [4.69, 9.17) is 4.74 Å². The van der Waals surface area contributed by atoms with Crippen molar-refractivity contribution in [1.82, 2.24) is 9.80 Å². The van der Waals surface area contributed by atoms with Crippen molar-refractivity contribution in [2.24, 2.45) is 0 Å². The number of nitrogens with zero attached hydrogens (tertiary/aromatic N) is 2. The Kier molecular flexibility index (Phi) is 9.02. The topological polar surface area (TPSA) is 49.9 Å². The summed E-state index contributed by atoms with van der Waals surface area (Å²) in [5.74, 6) is -0.298. The fourth-order valence-corrected chi connectivity index (χ4v) is 5.95. The molecule has 0 N–H and O–H groups in total. The van der Waals surface area contributed by atoms with E-state index in [1.807, 2.05) is 39.0 Å². The second-order valence-corrected chi connectivity index (χ2v) is 12.1. The van der Waals surface area contributed by atoms with Gasteiger partial charge in [-0.2, -0.15) is 0 Å². The predicted octanol–water partition coefficient (Wildman–Crippen LogP) is 7.06. The number of likely N-dealkylation sites (tertiary alicyclic amines) is 1. The molecule has 1 aliphatic rings. The number of carbonyl (C=O) groups is 2. The molecule has 5 nitrogen and oxygen atoms in total. The molecule has 0 radical (unpaired) electrons. The van der Waals surface area contributed by atoms with Gasteiger partial charge in [0, 0.05) is 47.5 Å². The summed E-state index contributed by atoms with van der Waals surface area (Å²) in [6, 6.07) is 12.4. The van der Waals surface area contributed by atoms with Gasteiger partial charge >= 0.3 is 6.09 Å². The summed E-state index contributed by atoms with van der Waals surface area (Å²) in [5, 5.41) is 0. The van der Waals surface area contributed by atoms with Crippen LogP contribution < -0.4 is 0 Å². The monoisotopic (exact) mass is 610 g/mol. The Morgan fingerprint density at radius 3 is 2.29 bits per heavy atom. The largest absolute Gasteiger partial charge is 0.444 e. The van der Waals surface area contributed by atoms with Crippen LogP contribution in [0.2, 0.25) is 0 Å². The number of hydrogen-bond donors (Lipinski definition) is 0. The number of benzene rings is 2. The Morgan fingerprint density at radius 1 is 1.06 bits per heavy atom. The van der Waals surface area contributed by atoms with Crippen molar-refractivity contribution < 1.29 is 18.7 Å². The van der Waals surface area contributed by atoms with E-state index in [1.165, 1.54) is 12.1 Å². The van der Waals surface area contributed by atoms with Crippen LogP contribution in [0, 0.1) is 5.82 Å². The summed E-state index contributed by atoms with van der Waals surface area (Å²) in [7, 11) is 1.80. The lowest BCUT2D eigenvalue weighted by Gasteiger charge is -2.35. The Bertz CT molecular complexity index is 1040. The van der Waals surface area contributed by atoms with Gasteiger partial charge < -0.3 is 14.5 Å². The molecule has 2 aromatic rings. The molecule has 1 saturated heterocycles. The number of ether oxygens (including phenoxy) is 1. The Morgan fingerprint density at radius 2 is 1.69 bits per heavy atom. The van der Waals surface area contributed by atoms with Crippen molar-refractivity contribution in [3.8, 4) is 0 Å². The molecule has 1 fully saturated rings. The van der Waals surface area contributed by atoms with Gasteiger partial charge in [0.1, 0.15) is 11.4 Å². The van der Waals surface area contributed by atoms with Crippen LogP contribution in [0.1, 0.15) is 57.6 Å². The average Bonchev–Trinajstić information content (AvgIpc) is 2.96. The third kappa shape index (κ3) is 7.78. The molecule has 1 unspecified atom stereocenters. The third-order valence-corrected chi connectivity index (χ3v) is 7.23. The van der Waals surface area contributed by atoms with Gasteiger partial charge in [-0.3, -0.25) is 4.79 Å². The van der Waals surface area contributed by atoms with Crippen molar-refractivity contribution in [3.63, 3.8) is 0 Å². The van der Waals surface area contributed by atoms with Crippen molar-refractivity contribution in [2.45, 2.75) is 64.0 Å². The van der Waals surface area contributed by atoms with Gasteiger partial charge in [0.25, 0.3) is 0 Å². The van der Waals surface area contributed by atoms with Crippen LogP contribution >= 0.6 is 31.9 Å². The Hall–Kier alpha value is -1.93. The molecule has 35 heavy (non-hydrogen) atoms. The molecule has 2 aromatic carbocycles. The second-order valence-electron chi connectivity index (χ2n) is 10.3. The number of rotatable bonds is 5. The lowest BCUT2D eigenvalue weighted by atomic mass is 9.71. The standard InChI is InChI=1S/C27H33Br2FN2O3/c1-26(2,3)35-25(34)32-12-5-10-27(11-13-32,20-6-8-23(30)9-7-20)17-24(33)31(4)18-19-14-21(28)16-22(29)15-19/h6-9,14-16H,5,10-13,17-18H2,1-4H3. The minimum absolute atomic E-state index is 0.0103. The summed E-state index contributed by atoms with van der Waals surface area (Å²) in [6.45, 7) is 7.06. The maximum Gasteiger partial charge on any atom is 0.410 e. The second kappa shape index (κ2) is 11.4. The first-order chi connectivity index (χ1) is 16.4. The molecule has 1 heterocycles. The normalized spacial score (nSPS) is 18.7. The molecular weight excluding hydrogens is 579 g/mol. The third-order valence-electron chi connectivity index (χ3n) is 6.31. The number of hydrogen-bond acceptors (Lipinski definition) is 3. The molecule has 8 heteroatoms. The predicted molar refractivity (Wildman–Crippen MR) is 143 cm³/mol. The van der Waals surface area contributed by atoms with E-state index in [9.17, 15) is 14.0 Å². The summed E-state index contributed by atoms with van der Waals surface area (Å²) >= 11 is 7.00. The van der Waals surface area contributed by atoms with E-state index in [0.29, 0.717) is 26.1 Å². The van der Waals surface area contributed by atoms with Crippen molar-refractivity contribution in [2.75, 3.05) is 20.1 Å². The van der Waals surface area contributed by atoms with E-state index in [0.717, 1.165) is 32.9 Å². The molecule has 0 spiro atoms. The van der Waals surface area contributed by atoms with Gasteiger partial charge in [0.2, 0.25) is 5.91 Å². The van der Waals surface area contributed by atoms with Crippen molar-refractivity contribution >= 4 is 43.9 Å². The maximum atomic E-state index is 13.7. The summed E-state index contributed by atoms with van der Waals surface area (Å²) in [4.78, 5) is 29.6. The molecular formula is C27H33Br2FN2O3. The lowest BCUT2D eigenvalue weighted by molar-refractivity contribution is -0.132. The zero-order chi connectivity index (χ0) is 25.8. The van der Waals surface area contributed by atoms with Crippen LogP contribution in [-0.2, 0) is 21.5 Å². The van der Waals surface area contributed by atoms with Crippen LogP contribution in [0.3, 0.4) is 0 Å². The molecule has 0 aromatic heterocycles. The van der Waals surface area contributed by atoms with Crippen molar-refractivity contribution in [3.05, 3.63) is 68.4 Å².